The lowest BCUT2D eigenvalue weighted by atomic mass is 9.96. The van der Waals surface area contributed by atoms with Crippen LogP contribution in [0, 0.1) is 5.82 Å². The number of benzene rings is 1. The van der Waals surface area contributed by atoms with Crippen LogP contribution in [0.2, 0.25) is 0 Å². The van der Waals surface area contributed by atoms with E-state index < -0.39 is 0 Å². The lowest BCUT2D eigenvalue weighted by Crippen LogP contribution is -2.31. The molecule has 0 radical (unpaired) electrons. The monoisotopic (exact) mass is 278 g/mol. The van der Waals surface area contributed by atoms with Crippen LogP contribution in [0.1, 0.15) is 25.7 Å². The second kappa shape index (κ2) is 5.31. The van der Waals surface area contributed by atoms with E-state index in [0.717, 1.165) is 32.2 Å². The standard InChI is InChI=1S/C15H19FN2O2/c1-18-8-7-13(15(18)19)17-10-5-6-14(12(16)9-10)20-11-3-2-4-11/h5-6,9,11,13,17H,2-4,7-8H2,1H3/t13-/m0/s1. The fraction of sp³-hybridized carbons (Fsp3) is 0.533. The Morgan fingerprint density at radius 1 is 1.35 bits per heavy atom. The largest absolute Gasteiger partial charge is 0.487 e. The molecular formula is C15H19FN2O2. The van der Waals surface area contributed by atoms with Gasteiger partial charge in [0.2, 0.25) is 5.91 Å². The van der Waals surface area contributed by atoms with E-state index >= 15 is 0 Å². The van der Waals surface area contributed by atoms with Crippen molar-refractivity contribution in [3.05, 3.63) is 24.0 Å². The first-order valence-electron chi connectivity index (χ1n) is 7.11. The highest BCUT2D eigenvalue weighted by Gasteiger charge is 2.29. The van der Waals surface area contributed by atoms with E-state index in [-0.39, 0.29) is 23.9 Å². The molecule has 5 heteroatoms. The molecule has 1 saturated carbocycles. The van der Waals surface area contributed by atoms with Gasteiger partial charge in [0.05, 0.1) is 6.10 Å². The lowest BCUT2D eigenvalue weighted by molar-refractivity contribution is -0.127. The molecule has 1 saturated heterocycles. The summed E-state index contributed by atoms with van der Waals surface area (Å²) in [7, 11) is 1.78. The van der Waals surface area contributed by atoms with Crippen LogP contribution in [-0.4, -0.2) is 36.5 Å². The summed E-state index contributed by atoms with van der Waals surface area (Å²) in [5.41, 5.74) is 0.622. The molecule has 1 amide bonds. The molecule has 1 aromatic rings. The number of anilines is 1. The minimum atomic E-state index is -0.374. The summed E-state index contributed by atoms with van der Waals surface area (Å²) in [6.45, 7) is 0.738. The fourth-order valence-electron chi connectivity index (χ4n) is 2.51. The van der Waals surface area contributed by atoms with Gasteiger partial charge >= 0.3 is 0 Å². The minimum absolute atomic E-state index is 0.0557. The van der Waals surface area contributed by atoms with Crippen molar-refractivity contribution in [2.75, 3.05) is 18.9 Å². The number of rotatable bonds is 4. The molecule has 0 unspecified atom stereocenters. The Labute approximate surface area is 117 Å². The topological polar surface area (TPSA) is 41.6 Å². The fourth-order valence-corrected chi connectivity index (χ4v) is 2.51. The Bertz CT molecular complexity index is 517. The third-order valence-corrected chi connectivity index (χ3v) is 4.05. The van der Waals surface area contributed by atoms with E-state index in [1.807, 2.05) is 0 Å². The van der Waals surface area contributed by atoms with Gasteiger partial charge in [0, 0.05) is 25.3 Å². The van der Waals surface area contributed by atoms with E-state index in [4.69, 9.17) is 4.74 Å². The third kappa shape index (κ3) is 2.57. The van der Waals surface area contributed by atoms with Gasteiger partial charge in [-0.2, -0.15) is 0 Å². The number of nitrogens with one attached hydrogen (secondary N) is 1. The Morgan fingerprint density at radius 3 is 2.70 bits per heavy atom. The summed E-state index contributed by atoms with van der Waals surface area (Å²) in [4.78, 5) is 13.5. The minimum Gasteiger partial charge on any atom is -0.487 e. The van der Waals surface area contributed by atoms with Crippen LogP contribution in [0.15, 0.2) is 18.2 Å². The second-order valence-electron chi connectivity index (χ2n) is 5.56. The SMILES string of the molecule is CN1CC[C@H](Nc2ccc(OC3CCC3)c(F)c2)C1=O. The molecule has 1 N–H and O–H groups in total. The zero-order chi connectivity index (χ0) is 14.1. The van der Waals surface area contributed by atoms with Gasteiger partial charge in [-0.3, -0.25) is 4.79 Å². The Kier molecular flexibility index (Phi) is 3.51. The van der Waals surface area contributed by atoms with Crippen molar-refractivity contribution in [1.82, 2.24) is 4.90 Å². The first-order valence-corrected chi connectivity index (χ1v) is 7.11. The summed E-state index contributed by atoms with van der Waals surface area (Å²) >= 11 is 0. The molecule has 0 spiro atoms. The number of hydrogen-bond donors (Lipinski definition) is 1. The van der Waals surface area contributed by atoms with Crippen molar-refractivity contribution < 1.29 is 13.9 Å². The maximum atomic E-state index is 14.0. The van der Waals surface area contributed by atoms with Gasteiger partial charge in [-0.05, 0) is 37.8 Å². The van der Waals surface area contributed by atoms with Crippen molar-refractivity contribution in [2.45, 2.75) is 37.8 Å². The molecule has 1 aromatic carbocycles. The molecule has 20 heavy (non-hydrogen) atoms. The van der Waals surface area contributed by atoms with E-state index in [9.17, 15) is 9.18 Å². The highest BCUT2D eigenvalue weighted by Crippen LogP contribution is 2.29. The molecule has 1 aliphatic heterocycles. The maximum Gasteiger partial charge on any atom is 0.244 e. The maximum absolute atomic E-state index is 14.0. The zero-order valence-corrected chi connectivity index (χ0v) is 11.6. The average molecular weight is 278 g/mol. The zero-order valence-electron chi connectivity index (χ0n) is 11.6. The van der Waals surface area contributed by atoms with Gasteiger partial charge in [0.25, 0.3) is 0 Å². The van der Waals surface area contributed by atoms with Gasteiger partial charge in [0.15, 0.2) is 11.6 Å². The van der Waals surface area contributed by atoms with Gasteiger partial charge in [-0.1, -0.05) is 0 Å². The van der Waals surface area contributed by atoms with E-state index in [1.165, 1.54) is 6.07 Å². The van der Waals surface area contributed by atoms with Gasteiger partial charge in [-0.15, -0.1) is 0 Å². The summed E-state index contributed by atoms with van der Waals surface area (Å²) in [5, 5.41) is 3.08. The van der Waals surface area contributed by atoms with E-state index in [1.54, 1.807) is 24.1 Å². The summed E-state index contributed by atoms with van der Waals surface area (Å²) in [6.07, 6.45) is 4.07. The molecule has 1 aliphatic carbocycles. The summed E-state index contributed by atoms with van der Waals surface area (Å²) < 4.78 is 19.5. The van der Waals surface area contributed by atoms with Crippen LogP contribution >= 0.6 is 0 Å². The highest BCUT2D eigenvalue weighted by molar-refractivity contribution is 5.86. The smallest absolute Gasteiger partial charge is 0.244 e. The molecule has 2 fully saturated rings. The molecule has 1 atom stereocenters. The number of likely N-dealkylation sites (tertiary alicyclic amines) is 1. The summed E-state index contributed by atoms with van der Waals surface area (Å²) in [5.74, 6) is -0.0176. The number of carbonyl (C=O) groups is 1. The Balaban J connectivity index is 1.65. The van der Waals surface area contributed by atoms with Gasteiger partial charge < -0.3 is 15.0 Å². The van der Waals surface area contributed by atoms with Crippen LogP contribution in [0.25, 0.3) is 0 Å². The number of amides is 1. The highest BCUT2D eigenvalue weighted by atomic mass is 19.1. The molecule has 0 bridgehead atoms. The van der Waals surface area contributed by atoms with Crippen LogP contribution in [0.4, 0.5) is 10.1 Å². The number of ether oxygens (including phenoxy) is 1. The number of hydrogen-bond acceptors (Lipinski definition) is 3. The number of carbonyl (C=O) groups excluding carboxylic acids is 1. The predicted molar refractivity (Wildman–Crippen MR) is 74.3 cm³/mol. The quantitative estimate of drug-likeness (QED) is 0.919. The van der Waals surface area contributed by atoms with Crippen molar-refractivity contribution in [3.63, 3.8) is 0 Å². The number of likely N-dealkylation sites (N-methyl/N-ethyl adjacent to an activating group) is 1. The molecule has 0 aromatic heterocycles. The predicted octanol–water partition coefficient (Wildman–Crippen LogP) is 2.40. The third-order valence-electron chi connectivity index (χ3n) is 4.05. The first-order chi connectivity index (χ1) is 9.63. The normalized spacial score (nSPS) is 22.8. The van der Waals surface area contributed by atoms with E-state index in [0.29, 0.717) is 11.4 Å². The average Bonchev–Trinajstić information content (AvgIpc) is 2.68. The van der Waals surface area contributed by atoms with Crippen molar-refractivity contribution in [3.8, 4) is 5.75 Å². The van der Waals surface area contributed by atoms with Crippen molar-refractivity contribution >= 4 is 11.6 Å². The molecule has 1 heterocycles. The van der Waals surface area contributed by atoms with Crippen LogP contribution in [-0.2, 0) is 4.79 Å². The molecule has 2 aliphatic rings. The van der Waals surface area contributed by atoms with Crippen molar-refractivity contribution in [1.29, 1.82) is 0 Å². The summed E-state index contributed by atoms with van der Waals surface area (Å²) in [6, 6.07) is 4.55. The van der Waals surface area contributed by atoms with Crippen LogP contribution in [0.5, 0.6) is 5.75 Å². The van der Waals surface area contributed by atoms with Gasteiger partial charge in [-0.25, -0.2) is 4.39 Å². The Morgan fingerprint density at radius 2 is 2.15 bits per heavy atom. The Hall–Kier alpha value is -1.78. The van der Waals surface area contributed by atoms with Gasteiger partial charge in [0.1, 0.15) is 6.04 Å². The first kappa shape index (κ1) is 13.2. The van der Waals surface area contributed by atoms with E-state index in [2.05, 4.69) is 5.32 Å². The number of halogens is 1. The molecular weight excluding hydrogens is 259 g/mol. The molecule has 108 valence electrons. The molecule has 3 rings (SSSR count). The van der Waals surface area contributed by atoms with Crippen LogP contribution < -0.4 is 10.1 Å². The van der Waals surface area contributed by atoms with Crippen molar-refractivity contribution in [2.24, 2.45) is 0 Å². The number of nitrogens with zero attached hydrogens (tertiary/aromatic N) is 1. The lowest BCUT2D eigenvalue weighted by Gasteiger charge is -2.26. The molecule has 4 nitrogen and oxygen atoms in total. The van der Waals surface area contributed by atoms with Crippen LogP contribution in [0.3, 0.4) is 0 Å². The second-order valence-corrected chi connectivity index (χ2v) is 5.56.